The van der Waals surface area contributed by atoms with Crippen molar-refractivity contribution in [3.8, 4) is 0 Å². The molecule has 0 aliphatic heterocycles. The van der Waals surface area contributed by atoms with Crippen LogP contribution in [0.2, 0.25) is 0 Å². The van der Waals surface area contributed by atoms with Crippen LogP contribution < -0.4 is 5.32 Å². The number of hydrogen-bond acceptors (Lipinski definition) is 3. The van der Waals surface area contributed by atoms with Gasteiger partial charge in [-0.3, -0.25) is 10.1 Å². The van der Waals surface area contributed by atoms with Crippen molar-refractivity contribution in [2.75, 3.05) is 0 Å². The minimum Gasteiger partial charge on any atom is -0.310 e. The summed E-state index contributed by atoms with van der Waals surface area (Å²) in [7, 11) is 0. The second-order valence-electron chi connectivity index (χ2n) is 5.20. The van der Waals surface area contributed by atoms with Gasteiger partial charge in [0.05, 0.1) is 4.92 Å². The third-order valence-corrected chi connectivity index (χ3v) is 4.13. The van der Waals surface area contributed by atoms with E-state index in [2.05, 4.69) is 28.2 Å². The van der Waals surface area contributed by atoms with E-state index in [0.717, 1.165) is 22.4 Å². The number of nitro benzene ring substituents is 1. The first kappa shape index (κ1) is 14.5. The van der Waals surface area contributed by atoms with Crippen molar-refractivity contribution >= 4 is 21.6 Å². The fourth-order valence-corrected chi connectivity index (χ4v) is 2.61. The standard InChI is InChI=1S/C14H19BrN2O2/c1-2-13(7-10-3-4-10)16-9-11-5-6-12(15)8-14(11)17(18)19/h5-6,8,10,13,16H,2-4,7,9H2,1H3. The molecule has 1 aliphatic rings. The maximum atomic E-state index is 11.0. The zero-order valence-corrected chi connectivity index (χ0v) is 12.6. The Morgan fingerprint density at radius 1 is 1.53 bits per heavy atom. The molecule has 4 nitrogen and oxygen atoms in total. The van der Waals surface area contributed by atoms with Crippen LogP contribution in [-0.2, 0) is 6.54 Å². The highest BCUT2D eigenvalue weighted by molar-refractivity contribution is 9.10. The van der Waals surface area contributed by atoms with E-state index in [1.54, 1.807) is 6.07 Å². The van der Waals surface area contributed by atoms with Gasteiger partial charge in [0.2, 0.25) is 0 Å². The molecule has 1 atom stereocenters. The predicted molar refractivity (Wildman–Crippen MR) is 79.1 cm³/mol. The average molecular weight is 327 g/mol. The Bertz CT molecular complexity index is 461. The minimum atomic E-state index is -0.316. The first-order valence-electron chi connectivity index (χ1n) is 6.76. The average Bonchev–Trinajstić information content (AvgIpc) is 3.19. The molecule has 5 heteroatoms. The highest BCUT2D eigenvalue weighted by Crippen LogP contribution is 2.34. The second kappa shape index (κ2) is 6.48. The first-order valence-corrected chi connectivity index (χ1v) is 7.55. The third kappa shape index (κ3) is 4.28. The van der Waals surface area contributed by atoms with Crippen LogP contribution in [0.1, 0.15) is 38.2 Å². The van der Waals surface area contributed by atoms with Crippen molar-refractivity contribution in [2.45, 2.75) is 45.2 Å². The number of benzene rings is 1. The van der Waals surface area contributed by atoms with Crippen molar-refractivity contribution in [3.63, 3.8) is 0 Å². The van der Waals surface area contributed by atoms with Gasteiger partial charge in [0.25, 0.3) is 5.69 Å². The first-order chi connectivity index (χ1) is 9.10. The van der Waals surface area contributed by atoms with Crippen molar-refractivity contribution in [1.82, 2.24) is 5.32 Å². The normalized spacial score (nSPS) is 16.3. The molecule has 1 aromatic rings. The molecule has 0 saturated heterocycles. The summed E-state index contributed by atoms with van der Waals surface area (Å²) < 4.78 is 0.743. The predicted octanol–water partition coefficient (Wildman–Crippen LogP) is 4.03. The van der Waals surface area contributed by atoms with Gasteiger partial charge in [-0.05, 0) is 30.9 Å². The SMILES string of the molecule is CCC(CC1CC1)NCc1ccc(Br)cc1[N+](=O)[O-]. The molecule has 0 heterocycles. The quantitative estimate of drug-likeness (QED) is 0.608. The Labute approximate surface area is 121 Å². The van der Waals surface area contributed by atoms with E-state index in [4.69, 9.17) is 0 Å². The lowest BCUT2D eigenvalue weighted by molar-refractivity contribution is -0.385. The lowest BCUT2D eigenvalue weighted by Gasteiger charge is -2.16. The highest BCUT2D eigenvalue weighted by atomic mass is 79.9. The second-order valence-corrected chi connectivity index (χ2v) is 6.11. The lowest BCUT2D eigenvalue weighted by atomic mass is 10.1. The number of nitro groups is 1. The maximum Gasteiger partial charge on any atom is 0.275 e. The molecule has 0 radical (unpaired) electrons. The van der Waals surface area contributed by atoms with Gasteiger partial charge in [0, 0.05) is 28.7 Å². The van der Waals surface area contributed by atoms with Crippen molar-refractivity contribution in [1.29, 1.82) is 0 Å². The summed E-state index contributed by atoms with van der Waals surface area (Å²) in [6.07, 6.45) is 4.95. The molecule has 0 amide bonds. The van der Waals surface area contributed by atoms with E-state index in [1.165, 1.54) is 19.3 Å². The van der Waals surface area contributed by atoms with Gasteiger partial charge in [-0.1, -0.05) is 35.7 Å². The van der Waals surface area contributed by atoms with Crippen LogP contribution in [0.25, 0.3) is 0 Å². The van der Waals surface area contributed by atoms with Crippen LogP contribution in [0.5, 0.6) is 0 Å². The van der Waals surface area contributed by atoms with Crippen LogP contribution >= 0.6 is 15.9 Å². The van der Waals surface area contributed by atoms with E-state index < -0.39 is 0 Å². The van der Waals surface area contributed by atoms with Crippen LogP contribution in [0.4, 0.5) is 5.69 Å². The summed E-state index contributed by atoms with van der Waals surface area (Å²) in [4.78, 5) is 10.7. The fourth-order valence-electron chi connectivity index (χ4n) is 2.26. The number of halogens is 1. The van der Waals surface area contributed by atoms with Crippen molar-refractivity contribution in [2.24, 2.45) is 5.92 Å². The van der Waals surface area contributed by atoms with Crippen LogP contribution in [0.3, 0.4) is 0 Å². The molecule has 0 bridgehead atoms. The van der Waals surface area contributed by atoms with E-state index in [0.29, 0.717) is 12.6 Å². The Balaban J connectivity index is 1.99. The van der Waals surface area contributed by atoms with Gasteiger partial charge in [-0.25, -0.2) is 0 Å². The number of nitrogens with zero attached hydrogens (tertiary/aromatic N) is 1. The van der Waals surface area contributed by atoms with E-state index >= 15 is 0 Å². The Morgan fingerprint density at radius 3 is 2.84 bits per heavy atom. The van der Waals surface area contributed by atoms with Crippen LogP contribution in [0, 0.1) is 16.0 Å². The van der Waals surface area contributed by atoms with Gasteiger partial charge < -0.3 is 5.32 Å². The largest absolute Gasteiger partial charge is 0.310 e. The fraction of sp³-hybridized carbons (Fsp3) is 0.571. The molecule has 1 aromatic carbocycles. The van der Waals surface area contributed by atoms with Gasteiger partial charge in [0.15, 0.2) is 0 Å². The molecule has 1 unspecified atom stereocenters. The molecule has 1 saturated carbocycles. The van der Waals surface area contributed by atoms with E-state index in [9.17, 15) is 10.1 Å². The monoisotopic (exact) mass is 326 g/mol. The van der Waals surface area contributed by atoms with Gasteiger partial charge in [0.1, 0.15) is 0 Å². The smallest absolute Gasteiger partial charge is 0.275 e. The molecule has 1 N–H and O–H groups in total. The summed E-state index contributed by atoms with van der Waals surface area (Å²) in [5.74, 6) is 0.873. The minimum absolute atomic E-state index is 0.183. The van der Waals surface area contributed by atoms with Crippen LogP contribution in [-0.4, -0.2) is 11.0 Å². The van der Waals surface area contributed by atoms with E-state index in [-0.39, 0.29) is 10.6 Å². The Morgan fingerprint density at radius 2 is 2.26 bits per heavy atom. The topological polar surface area (TPSA) is 55.2 Å². The molecule has 19 heavy (non-hydrogen) atoms. The highest BCUT2D eigenvalue weighted by Gasteiger charge is 2.25. The third-order valence-electron chi connectivity index (χ3n) is 3.63. The summed E-state index contributed by atoms with van der Waals surface area (Å²) in [5, 5.41) is 14.5. The molecule has 2 rings (SSSR count). The van der Waals surface area contributed by atoms with E-state index in [1.807, 2.05) is 12.1 Å². The summed E-state index contributed by atoms with van der Waals surface area (Å²) >= 11 is 3.27. The van der Waals surface area contributed by atoms with Crippen LogP contribution in [0.15, 0.2) is 22.7 Å². The molecular weight excluding hydrogens is 308 g/mol. The summed E-state index contributed by atoms with van der Waals surface area (Å²) in [5.41, 5.74) is 0.936. The Hall–Kier alpha value is -0.940. The van der Waals surface area contributed by atoms with Gasteiger partial charge in [-0.2, -0.15) is 0 Å². The van der Waals surface area contributed by atoms with Gasteiger partial charge >= 0.3 is 0 Å². The Kier molecular flexibility index (Phi) is 4.93. The molecule has 1 aliphatic carbocycles. The molecule has 104 valence electrons. The number of nitrogens with one attached hydrogen (secondary N) is 1. The van der Waals surface area contributed by atoms with Gasteiger partial charge in [-0.15, -0.1) is 0 Å². The summed E-state index contributed by atoms with van der Waals surface area (Å²) in [6.45, 7) is 2.73. The zero-order valence-electron chi connectivity index (χ0n) is 11.1. The maximum absolute atomic E-state index is 11.0. The lowest BCUT2D eigenvalue weighted by Crippen LogP contribution is -2.28. The molecule has 1 fully saturated rings. The van der Waals surface area contributed by atoms with Crippen molar-refractivity contribution < 1.29 is 4.92 Å². The number of rotatable bonds is 7. The molecule has 0 spiro atoms. The zero-order chi connectivity index (χ0) is 13.8. The summed E-state index contributed by atoms with van der Waals surface area (Å²) in [6, 6.07) is 5.71. The number of hydrogen-bond donors (Lipinski definition) is 1. The van der Waals surface area contributed by atoms with Crippen molar-refractivity contribution in [3.05, 3.63) is 38.3 Å². The molecule has 0 aromatic heterocycles. The molecular formula is C14H19BrN2O2.